The Morgan fingerprint density at radius 2 is 2.00 bits per heavy atom. The van der Waals surface area contributed by atoms with Crippen molar-refractivity contribution in [1.29, 1.82) is 0 Å². The van der Waals surface area contributed by atoms with Crippen LogP contribution in [0.3, 0.4) is 0 Å². The minimum absolute atomic E-state index is 0.756. The Balaban J connectivity index is 2.60. The van der Waals surface area contributed by atoms with Crippen LogP contribution in [0.5, 0.6) is 0 Å². The van der Waals surface area contributed by atoms with Gasteiger partial charge < -0.3 is 5.32 Å². The monoisotopic (exact) mass is 219 g/mol. The maximum absolute atomic E-state index is 3.31. The summed E-state index contributed by atoms with van der Waals surface area (Å²) in [4.78, 5) is 0. The first-order chi connectivity index (χ1) is 7.61. The number of aryl methyl sites for hydroxylation is 1. The summed E-state index contributed by atoms with van der Waals surface area (Å²) in [7, 11) is 2.05. The zero-order chi connectivity index (χ0) is 12.0. The second kappa shape index (κ2) is 6.70. The molecule has 0 bridgehead atoms. The van der Waals surface area contributed by atoms with Crippen LogP contribution in [0.2, 0.25) is 0 Å². The van der Waals surface area contributed by atoms with Crippen molar-refractivity contribution in [1.82, 2.24) is 5.32 Å². The van der Waals surface area contributed by atoms with Crippen molar-refractivity contribution in [3.05, 3.63) is 35.4 Å². The first-order valence-electron chi connectivity index (χ1n) is 6.32. The Morgan fingerprint density at radius 1 is 1.25 bits per heavy atom. The molecule has 90 valence electrons. The van der Waals surface area contributed by atoms with Crippen LogP contribution in [0.1, 0.15) is 31.4 Å². The molecule has 1 nitrogen and oxygen atoms in total. The lowest BCUT2D eigenvalue weighted by Crippen LogP contribution is -2.22. The summed E-state index contributed by atoms with van der Waals surface area (Å²) in [6.45, 7) is 7.89. The molecule has 0 heterocycles. The maximum Gasteiger partial charge on any atom is -0.00202 e. The van der Waals surface area contributed by atoms with Crippen molar-refractivity contribution >= 4 is 0 Å². The fraction of sp³-hybridized carbons (Fsp3) is 0.600. The minimum Gasteiger partial charge on any atom is -0.319 e. The number of hydrogen-bond acceptors (Lipinski definition) is 1. The van der Waals surface area contributed by atoms with E-state index in [1.165, 1.54) is 24.0 Å². The topological polar surface area (TPSA) is 12.0 Å². The van der Waals surface area contributed by atoms with E-state index in [2.05, 4.69) is 50.4 Å². The van der Waals surface area contributed by atoms with Crippen LogP contribution in [0.15, 0.2) is 24.3 Å². The summed E-state index contributed by atoms with van der Waals surface area (Å²) in [6.07, 6.45) is 2.50. The van der Waals surface area contributed by atoms with Crippen molar-refractivity contribution < 1.29 is 0 Å². The number of nitrogens with one attached hydrogen (secondary N) is 1. The summed E-state index contributed by atoms with van der Waals surface area (Å²) in [6, 6.07) is 8.88. The first kappa shape index (κ1) is 13.2. The third kappa shape index (κ3) is 4.80. The summed E-state index contributed by atoms with van der Waals surface area (Å²) in [5, 5.41) is 3.31. The molecule has 1 N–H and O–H groups in total. The van der Waals surface area contributed by atoms with Gasteiger partial charge in [-0.2, -0.15) is 0 Å². The van der Waals surface area contributed by atoms with Gasteiger partial charge in [-0.25, -0.2) is 0 Å². The molecule has 1 aromatic carbocycles. The van der Waals surface area contributed by atoms with Crippen LogP contribution < -0.4 is 5.32 Å². The average molecular weight is 219 g/mol. The van der Waals surface area contributed by atoms with Crippen molar-refractivity contribution in [2.24, 2.45) is 11.8 Å². The third-order valence-corrected chi connectivity index (χ3v) is 2.90. The van der Waals surface area contributed by atoms with Gasteiger partial charge in [0.25, 0.3) is 0 Å². The fourth-order valence-electron chi connectivity index (χ4n) is 2.37. The maximum atomic E-state index is 3.31. The molecule has 1 rings (SSSR count). The molecule has 0 aliphatic rings. The van der Waals surface area contributed by atoms with E-state index in [0.29, 0.717) is 0 Å². The summed E-state index contributed by atoms with van der Waals surface area (Å²) in [5.74, 6) is 1.54. The van der Waals surface area contributed by atoms with Crippen molar-refractivity contribution in [3.63, 3.8) is 0 Å². The fourth-order valence-corrected chi connectivity index (χ4v) is 2.37. The van der Waals surface area contributed by atoms with E-state index in [-0.39, 0.29) is 0 Å². The van der Waals surface area contributed by atoms with Gasteiger partial charge in [0.2, 0.25) is 0 Å². The Morgan fingerprint density at radius 3 is 2.56 bits per heavy atom. The van der Waals surface area contributed by atoms with E-state index in [0.717, 1.165) is 18.4 Å². The molecule has 0 saturated carbocycles. The van der Waals surface area contributed by atoms with Crippen LogP contribution in [0.4, 0.5) is 0 Å². The number of hydrogen-bond donors (Lipinski definition) is 1. The standard InChI is InChI=1S/C15H25N/c1-12(2)8-15(11-16-4)10-14-7-5-6-13(3)9-14/h5-7,9,12,15-16H,8,10-11H2,1-4H3. The lowest BCUT2D eigenvalue weighted by molar-refractivity contribution is 0.395. The van der Waals surface area contributed by atoms with Crippen molar-refractivity contribution in [2.75, 3.05) is 13.6 Å². The zero-order valence-corrected chi connectivity index (χ0v) is 11.1. The van der Waals surface area contributed by atoms with E-state index < -0.39 is 0 Å². The molecule has 0 saturated heterocycles. The number of rotatable bonds is 6. The second-order valence-corrected chi connectivity index (χ2v) is 5.25. The van der Waals surface area contributed by atoms with E-state index >= 15 is 0 Å². The quantitative estimate of drug-likeness (QED) is 0.773. The number of benzene rings is 1. The molecule has 16 heavy (non-hydrogen) atoms. The van der Waals surface area contributed by atoms with Gasteiger partial charge >= 0.3 is 0 Å². The van der Waals surface area contributed by atoms with Gasteiger partial charge in [-0.3, -0.25) is 0 Å². The van der Waals surface area contributed by atoms with Gasteiger partial charge in [0.1, 0.15) is 0 Å². The molecule has 0 aliphatic heterocycles. The highest BCUT2D eigenvalue weighted by atomic mass is 14.8. The van der Waals surface area contributed by atoms with E-state index in [1.807, 2.05) is 7.05 Å². The predicted octanol–water partition coefficient (Wildman–Crippen LogP) is 3.42. The molecule has 1 unspecified atom stereocenters. The zero-order valence-electron chi connectivity index (χ0n) is 11.1. The summed E-state index contributed by atoms with van der Waals surface area (Å²) >= 11 is 0. The van der Waals surface area contributed by atoms with Crippen LogP contribution in [-0.2, 0) is 6.42 Å². The molecule has 0 radical (unpaired) electrons. The molecule has 0 aromatic heterocycles. The van der Waals surface area contributed by atoms with Gasteiger partial charge in [0.15, 0.2) is 0 Å². The predicted molar refractivity (Wildman–Crippen MR) is 71.8 cm³/mol. The van der Waals surface area contributed by atoms with Crippen molar-refractivity contribution in [3.8, 4) is 0 Å². The molecular formula is C15H25N. The molecule has 1 heteroatoms. The largest absolute Gasteiger partial charge is 0.319 e. The lowest BCUT2D eigenvalue weighted by atomic mass is 9.90. The summed E-state index contributed by atoms with van der Waals surface area (Å²) < 4.78 is 0. The van der Waals surface area contributed by atoms with E-state index in [1.54, 1.807) is 0 Å². The Kier molecular flexibility index (Phi) is 5.54. The van der Waals surface area contributed by atoms with Gasteiger partial charge in [-0.15, -0.1) is 0 Å². The highest BCUT2D eigenvalue weighted by Gasteiger charge is 2.10. The van der Waals surface area contributed by atoms with Crippen molar-refractivity contribution in [2.45, 2.75) is 33.6 Å². The highest BCUT2D eigenvalue weighted by molar-refractivity contribution is 5.22. The molecule has 1 aromatic rings. The van der Waals surface area contributed by atoms with Gasteiger partial charge in [0, 0.05) is 0 Å². The van der Waals surface area contributed by atoms with Gasteiger partial charge in [-0.1, -0.05) is 43.7 Å². The van der Waals surface area contributed by atoms with Crippen LogP contribution in [0.25, 0.3) is 0 Å². The molecule has 0 fully saturated rings. The normalized spacial score (nSPS) is 13.1. The average Bonchev–Trinajstić information content (AvgIpc) is 2.16. The smallest absolute Gasteiger partial charge is 0.00202 e. The molecule has 0 aliphatic carbocycles. The van der Waals surface area contributed by atoms with Crippen LogP contribution >= 0.6 is 0 Å². The molecule has 0 amide bonds. The SMILES string of the molecule is CNCC(Cc1cccc(C)c1)CC(C)C. The lowest BCUT2D eigenvalue weighted by Gasteiger charge is -2.19. The van der Waals surface area contributed by atoms with Gasteiger partial charge in [0.05, 0.1) is 0 Å². The molecule has 1 atom stereocenters. The van der Waals surface area contributed by atoms with E-state index in [9.17, 15) is 0 Å². The Bertz CT molecular complexity index is 304. The molecular weight excluding hydrogens is 194 g/mol. The Labute approximate surface area is 100 Å². The minimum atomic E-state index is 0.756. The Hall–Kier alpha value is -0.820. The van der Waals surface area contributed by atoms with Crippen LogP contribution in [0, 0.1) is 18.8 Å². The second-order valence-electron chi connectivity index (χ2n) is 5.25. The highest BCUT2D eigenvalue weighted by Crippen LogP contribution is 2.17. The third-order valence-electron chi connectivity index (χ3n) is 2.90. The van der Waals surface area contributed by atoms with Gasteiger partial charge in [-0.05, 0) is 50.8 Å². The summed E-state index contributed by atoms with van der Waals surface area (Å²) in [5.41, 5.74) is 2.84. The van der Waals surface area contributed by atoms with E-state index in [4.69, 9.17) is 0 Å². The first-order valence-corrected chi connectivity index (χ1v) is 6.32. The van der Waals surface area contributed by atoms with Crippen LogP contribution in [-0.4, -0.2) is 13.6 Å². The molecule has 0 spiro atoms.